The number of quaternary nitrogens is 2. The summed E-state index contributed by atoms with van der Waals surface area (Å²) in [6.45, 7) is 6.13. The number of ether oxygens (including phenoxy) is 3. The van der Waals surface area contributed by atoms with Crippen LogP contribution < -0.4 is 24.0 Å². The van der Waals surface area contributed by atoms with Crippen LogP contribution in [-0.2, 0) is 6.54 Å². The SMILES string of the molecule is COc1ccc(C[NH+]2CC[NH+]([C@@H]3C[C@H]4CC[C@@H]3C4)CC2)c(OC)c1OC. The molecule has 5 nitrogen and oxygen atoms in total. The summed E-state index contributed by atoms with van der Waals surface area (Å²) in [6, 6.07) is 5.08. The highest BCUT2D eigenvalue weighted by Crippen LogP contribution is 2.43. The lowest BCUT2D eigenvalue weighted by atomic mass is 9.93. The van der Waals surface area contributed by atoms with E-state index in [0.29, 0.717) is 5.75 Å². The molecule has 1 aromatic rings. The summed E-state index contributed by atoms with van der Waals surface area (Å²) in [5.74, 6) is 4.34. The Kier molecular flexibility index (Phi) is 5.28. The van der Waals surface area contributed by atoms with Gasteiger partial charge < -0.3 is 24.0 Å². The van der Waals surface area contributed by atoms with Gasteiger partial charge in [0.1, 0.15) is 32.7 Å². The van der Waals surface area contributed by atoms with Gasteiger partial charge in [-0.05, 0) is 37.3 Å². The van der Waals surface area contributed by atoms with Crippen LogP contribution in [0.15, 0.2) is 12.1 Å². The molecule has 26 heavy (non-hydrogen) atoms. The highest BCUT2D eigenvalue weighted by Gasteiger charge is 2.46. The topological polar surface area (TPSA) is 36.6 Å². The van der Waals surface area contributed by atoms with Crippen molar-refractivity contribution < 1.29 is 24.0 Å². The van der Waals surface area contributed by atoms with Crippen molar-refractivity contribution in [3.8, 4) is 17.2 Å². The lowest BCUT2D eigenvalue weighted by Crippen LogP contribution is -3.29. The largest absolute Gasteiger partial charge is 0.493 e. The van der Waals surface area contributed by atoms with Gasteiger partial charge in [0.25, 0.3) is 0 Å². The van der Waals surface area contributed by atoms with Gasteiger partial charge in [-0.2, -0.15) is 0 Å². The maximum Gasteiger partial charge on any atom is 0.203 e. The van der Waals surface area contributed by atoms with E-state index in [1.807, 2.05) is 11.0 Å². The molecule has 5 heteroatoms. The fourth-order valence-corrected chi connectivity index (χ4v) is 5.79. The second-order valence-corrected chi connectivity index (χ2v) is 8.36. The predicted molar refractivity (Wildman–Crippen MR) is 100 cm³/mol. The minimum absolute atomic E-state index is 0.707. The molecule has 1 saturated heterocycles. The maximum atomic E-state index is 5.66. The summed E-state index contributed by atoms with van der Waals surface area (Å²) < 4.78 is 16.6. The second kappa shape index (κ2) is 7.65. The van der Waals surface area contributed by atoms with Gasteiger partial charge in [0, 0.05) is 12.3 Å². The van der Waals surface area contributed by atoms with E-state index in [2.05, 4.69) is 6.07 Å². The normalized spacial score (nSPS) is 33.3. The molecule has 1 aromatic carbocycles. The van der Waals surface area contributed by atoms with Gasteiger partial charge in [0.15, 0.2) is 11.5 Å². The molecule has 0 unspecified atom stereocenters. The molecule has 144 valence electrons. The molecule has 2 N–H and O–H groups in total. The highest BCUT2D eigenvalue weighted by atomic mass is 16.5. The Morgan fingerprint density at radius 1 is 0.885 bits per heavy atom. The van der Waals surface area contributed by atoms with Crippen molar-refractivity contribution in [2.24, 2.45) is 11.8 Å². The van der Waals surface area contributed by atoms with E-state index in [4.69, 9.17) is 14.2 Å². The van der Waals surface area contributed by atoms with Crippen molar-refractivity contribution in [3.63, 3.8) is 0 Å². The number of fused-ring (bicyclic) bond motifs is 2. The van der Waals surface area contributed by atoms with Crippen LogP contribution in [0.1, 0.15) is 31.2 Å². The van der Waals surface area contributed by atoms with Gasteiger partial charge in [0.2, 0.25) is 5.75 Å². The quantitative estimate of drug-likeness (QED) is 0.758. The molecular weight excluding hydrogens is 328 g/mol. The number of methoxy groups -OCH3 is 3. The number of hydrogen-bond donors (Lipinski definition) is 2. The first-order valence-corrected chi connectivity index (χ1v) is 10.2. The summed E-state index contributed by atoms with van der Waals surface area (Å²) in [4.78, 5) is 3.54. The monoisotopic (exact) mass is 362 g/mol. The average Bonchev–Trinajstić information content (AvgIpc) is 3.31. The minimum Gasteiger partial charge on any atom is -0.493 e. The lowest BCUT2D eigenvalue weighted by molar-refractivity contribution is -1.03. The average molecular weight is 363 g/mol. The van der Waals surface area contributed by atoms with Crippen LogP contribution in [0, 0.1) is 11.8 Å². The maximum absolute atomic E-state index is 5.66. The van der Waals surface area contributed by atoms with Gasteiger partial charge in [-0.1, -0.05) is 0 Å². The molecule has 2 saturated carbocycles. The van der Waals surface area contributed by atoms with Crippen LogP contribution in [0.4, 0.5) is 0 Å². The van der Waals surface area contributed by atoms with Crippen molar-refractivity contribution in [1.29, 1.82) is 0 Å². The number of hydrogen-bond acceptors (Lipinski definition) is 3. The van der Waals surface area contributed by atoms with Crippen molar-refractivity contribution in [2.45, 2.75) is 38.3 Å². The zero-order valence-electron chi connectivity index (χ0n) is 16.5. The van der Waals surface area contributed by atoms with Crippen LogP contribution >= 0.6 is 0 Å². The molecular formula is C21H34N2O3+2. The van der Waals surface area contributed by atoms with E-state index in [1.54, 1.807) is 26.2 Å². The molecule has 4 rings (SSSR count). The van der Waals surface area contributed by atoms with E-state index >= 15 is 0 Å². The van der Waals surface area contributed by atoms with Crippen LogP contribution in [0.25, 0.3) is 0 Å². The van der Waals surface area contributed by atoms with Crippen LogP contribution in [0.2, 0.25) is 0 Å². The third-order valence-electron chi connectivity index (χ3n) is 7.09. The Morgan fingerprint density at radius 2 is 1.65 bits per heavy atom. The number of rotatable bonds is 6. The molecule has 3 fully saturated rings. The zero-order valence-corrected chi connectivity index (χ0v) is 16.5. The first-order valence-electron chi connectivity index (χ1n) is 10.2. The number of piperazine rings is 1. The molecule has 2 aliphatic carbocycles. The molecule has 0 spiro atoms. The highest BCUT2D eigenvalue weighted by molar-refractivity contribution is 5.55. The van der Waals surface area contributed by atoms with Crippen LogP contribution in [0.3, 0.4) is 0 Å². The van der Waals surface area contributed by atoms with Crippen molar-refractivity contribution in [2.75, 3.05) is 47.5 Å². The first kappa shape index (κ1) is 17.9. The Morgan fingerprint density at radius 3 is 2.23 bits per heavy atom. The third kappa shape index (κ3) is 3.27. The van der Waals surface area contributed by atoms with Gasteiger partial charge in [0.05, 0.1) is 32.9 Å². The smallest absolute Gasteiger partial charge is 0.203 e. The summed E-state index contributed by atoms with van der Waals surface area (Å²) in [5.41, 5.74) is 1.21. The summed E-state index contributed by atoms with van der Waals surface area (Å²) >= 11 is 0. The zero-order chi connectivity index (χ0) is 18.1. The Balaban J connectivity index is 1.38. The molecule has 1 heterocycles. The van der Waals surface area contributed by atoms with E-state index in [-0.39, 0.29) is 0 Å². The lowest BCUT2D eigenvalue weighted by Gasteiger charge is -2.36. The molecule has 0 radical (unpaired) electrons. The van der Waals surface area contributed by atoms with E-state index in [1.165, 1.54) is 57.4 Å². The summed E-state index contributed by atoms with van der Waals surface area (Å²) in [7, 11) is 5.06. The first-order chi connectivity index (χ1) is 12.7. The van der Waals surface area contributed by atoms with Crippen LogP contribution in [0.5, 0.6) is 17.2 Å². The van der Waals surface area contributed by atoms with Crippen molar-refractivity contribution in [3.05, 3.63) is 17.7 Å². The Labute approximate surface area is 157 Å². The standard InChI is InChI=1S/C21H32N2O3/c1-24-19-7-6-17(20(25-2)21(19)26-3)14-22-8-10-23(11-9-22)18-13-15-4-5-16(18)12-15/h6-7,15-16,18H,4-5,8-14H2,1-3H3/p+2/t15-,16+,18+/m0/s1. The fourth-order valence-electron chi connectivity index (χ4n) is 5.79. The molecule has 0 amide bonds. The molecule has 3 aliphatic rings. The molecule has 0 aromatic heterocycles. The van der Waals surface area contributed by atoms with Crippen LogP contribution in [-0.4, -0.2) is 53.6 Å². The molecule has 3 atom stereocenters. The van der Waals surface area contributed by atoms with Gasteiger partial charge in [-0.3, -0.25) is 0 Å². The third-order valence-corrected chi connectivity index (χ3v) is 7.09. The fraction of sp³-hybridized carbons (Fsp3) is 0.714. The summed E-state index contributed by atoms with van der Waals surface area (Å²) in [6.07, 6.45) is 6.02. The predicted octanol–water partition coefficient (Wildman–Crippen LogP) is 0.184. The minimum atomic E-state index is 0.707. The molecule has 1 aliphatic heterocycles. The van der Waals surface area contributed by atoms with Crippen molar-refractivity contribution in [1.82, 2.24) is 0 Å². The number of nitrogens with one attached hydrogen (secondary N) is 2. The van der Waals surface area contributed by atoms with Gasteiger partial charge in [-0.15, -0.1) is 0 Å². The number of benzene rings is 1. The second-order valence-electron chi connectivity index (χ2n) is 8.36. The van der Waals surface area contributed by atoms with E-state index in [0.717, 1.165) is 35.9 Å². The Hall–Kier alpha value is -1.46. The molecule has 2 bridgehead atoms. The van der Waals surface area contributed by atoms with E-state index < -0.39 is 0 Å². The van der Waals surface area contributed by atoms with Gasteiger partial charge >= 0.3 is 0 Å². The van der Waals surface area contributed by atoms with Crippen molar-refractivity contribution >= 4 is 0 Å². The Bertz CT molecular complexity index is 628. The van der Waals surface area contributed by atoms with Gasteiger partial charge in [-0.25, -0.2) is 0 Å². The summed E-state index contributed by atoms with van der Waals surface area (Å²) in [5, 5.41) is 0. The van der Waals surface area contributed by atoms with E-state index in [9.17, 15) is 0 Å².